The van der Waals surface area contributed by atoms with Gasteiger partial charge >= 0.3 is 6.03 Å². The van der Waals surface area contributed by atoms with Crippen LogP contribution in [0, 0.1) is 5.92 Å². The molecule has 1 aromatic carbocycles. The summed E-state index contributed by atoms with van der Waals surface area (Å²) in [6.45, 7) is 2.09. The third-order valence-electron chi connectivity index (χ3n) is 4.33. The van der Waals surface area contributed by atoms with Gasteiger partial charge < -0.3 is 5.32 Å². The van der Waals surface area contributed by atoms with Gasteiger partial charge in [-0.15, -0.1) is 11.3 Å². The zero-order valence-electron chi connectivity index (χ0n) is 11.6. The number of carbonyl (C=O) groups excluding carboxylic acids is 2. The summed E-state index contributed by atoms with van der Waals surface area (Å²) < 4.78 is 1.07. The molecular formula is C15H15N3O2S. The minimum absolute atomic E-state index is 0.116. The molecule has 0 radical (unpaired) electrons. The quantitative estimate of drug-likeness (QED) is 0.886. The monoisotopic (exact) mass is 301 g/mol. The molecule has 0 spiro atoms. The zero-order chi connectivity index (χ0) is 14.6. The summed E-state index contributed by atoms with van der Waals surface area (Å²) in [5.41, 5.74) is 0.197. The standard InChI is InChI=1S/C15H15N3O2S/c1-15(9-6-7-9)13(19)18(14(20)17-15)8-12-16-10-4-2-3-5-11(10)21-12/h2-5,9H,6-8H2,1H3,(H,17,20)/t15-/m0/s1. The lowest BCUT2D eigenvalue weighted by atomic mass is 9.96. The molecule has 0 unspecified atom stereocenters. The lowest BCUT2D eigenvalue weighted by molar-refractivity contribution is -0.131. The molecule has 21 heavy (non-hydrogen) atoms. The lowest BCUT2D eigenvalue weighted by Crippen LogP contribution is -2.46. The molecule has 5 nitrogen and oxygen atoms in total. The van der Waals surface area contributed by atoms with Crippen molar-refractivity contribution in [2.75, 3.05) is 0 Å². The van der Waals surface area contributed by atoms with Crippen molar-refractivity contribution in [3.8, 4) is 0 Å². The number of nitrogens with zero attached hydrogens (tertiary/aromatic N) is 2. The van der Waals surface area contributed by atoms with E-state index in [9.17, 15) is 9.59 Å². The smallest absolute Gasteiger partial charge is 0.323 e. The Hall–Kier alpha value is -1.95. The van der Waals surface area contributed by atoms with Crippen LogP contribution in [-0.4, -0.2) is 27.4 Å². The highest BCUT2D eigenvalue weighted by molar-refractivity contribution is 7.18. The summed E-state index contributed by atoms with van der Waals surface area (Å²) in [6, 6.07) is 7.53. The number of rotatable bonds is 3. The largest absolute Gasteiger partial charge is 0.325 e. The van der Waals surface area contributed by atoms with Gasteiger partial charge in [-0.05, 0) is 37.8 Å². The molecule has 3 amide bonds. The van der Waals surface area contributed by atoms with E-state index in [1.54, 1.807) is 0 Å². The summed E-state index contributed by atoms with van der Waals surface area (Å²) in [5, 5.41) is 3.65. The molecule has 1 saturated carbocycles. The van der Waals surface area contributed by atoms with Crippen LogP contribution in [0.15, 0.2) is 24.3 Å². The summed E-state index contributed by atoms with van der Waals surface area (Å²) in [4.78, 5) is 30.5. The minimum Gasteiger partial charge on any atom is -0.323 e. The van der Waals surface area contributed by atoms with Gasteiger partial charge in [0, 0.05) is 0 Å². The van der Waals surface area contributed by atoms with Gasteiger partial charge in [-0.25, -0.2) is 9.78 Å². The van der Waals surface area contributed by atoms with Crippen molar-refractivity contribution < 1.29 is 9.59 Å². The number of imide groups is 1. The molecule has 1 atom stereocenters. The zero-order valence-corrected chi connectivity index (χ0v) is 12.4. The highest BCUT2D eigenvalue weighted by atomic mass is 32.1. The molecule has 6 heteroatoms. The first kappa shape index (κ1) is 12.8. The normalized spacial score (nSPS) is 25.7. The van der Waals surface area contributed by atoms with Crippen molar-refractivity contribution in [3.63, 3.8) is 0 Å². The summed E-state index contributed by atoms with van der Waals surface area (Å²) in [5.74, 6) is 0.170. The number of amides is 3. The van der Waals surface area contributed by atoms with Crippen LogP contribution in [0.1, 0.15) is 24.8 Å². The van der Waals surface area contributed by atoms with E-state index < -0.39 is 5.54 Å². The van der Waals surface area contributed by atoms with E-state index in [0.717, 1.165) is 28.1 Å². The number of urea groups is 1. The van der Waals surface area contributed by atoms with E-state index in [2.05, 4.69) is 10.3 Å². The maximum Gasteiger partial charge on any atom is 0.325 e. The second-order valence-electron chi connectivity index (χ2n) is 5.87. The molecule has 2 heterocycles. The first-order valence-electron chi connectivity index (χ1n) is 7.06. The number of thiazole rings is 1. The Morgan fingerprint density at radius 2 is 2.14 bits per heavy atom. The molecule has 2 fully saturated rings. The number of hydrogen-bond acceptors (Lipinski definition) is 4. The maximum atomic E-state index is 12.6. The maximum absolute atomic E-state index is 12.6. The first-order chi connectivity index (χ1) is 10.1. The average Bonchev–Trinajstić information content (AvgIpc) is 3.20. The molecule has 2 aromatic rings. The average molecular weight is 301 g/mol. The number of carbonyl (C=O) groups is 2. The SMILES string of the molecule is C[C@@]1(C2CC2)NC(=O)N(Cc2nc3ccccc3s2)C1=O. The molecule has 1 saturated heterocycles. The van der Waals surface area contributed by atoms with Crippen LogP contribution in [0.2, 0.25) is 0 Å². The van der Waals surface area contributed by atoms with E-state index in [0.29, 0.717) is 0 Å². The number of fused-ring (bicyclic) bond motifs is 1. The topological polar surface area (TPSA) is 62.3 Å². The predicted molar refractivity (Wildman–Crippen MR) is 79.8 cm³/mol. The van der Waals surface area contributed by atoms with Gasteiger partial charge in [0.2, 0.25) is 0 Å². The molecular weight excluding hydrogens is 286 g/mol. The van der Waals surface area contributed by atoms with Crippen LogP contribution < -0.4 is 5.32 Å². The number of hydrogen-bond donors (Lipinski definition) is 1. The van der Waals surface area contributed by atoms with E-state index in [4.69, 9.17) is 0 Å². The first-order valence-corrected chi connectivity index (χ1v) is 7.88. The minimum atomic E-state index is -0.715. The number of aromatic nitrogens is 1. The van der Waals surface area contributed by atoms with Crippen LogP contribution >= 0.6 is 11.3 Å². The Morgan fingerprint density at radius 3 is 2.86 bits per heavy atom. The third-order valence-corrected chi connectivity index (χ3v) is 5.35. The van der Waals surface area contributed by atoms with Crippen LogP contribution in [0.5, 0.6) is 0 Å². The van der Waals surface area contributed by atoms with Gasteiger partial charge in [-0.1, -0.05) is 12.1 Å². The van der Waals surface area contributed by atoms with Crippen molar-refractivity contribution in [1.29, 1.82) is 0 Å². The van der Waals surface area contributed by atoms with Crippen molar-refractivity contribution >= 4 is 33.5 Å². The molecule has 0 bridgehead atoms. The Bertz CT molecular complexity index is 719. The van der Waals surface area contributed by atoms with E-state index in [-0.39, 0.29) is 24.4 Å². The Kier molecular flexibility index (Phi) is 2.60. The number of benzene rings is 1. The van der Waals surface area contributed by atoms with Crippen molar-refractivity contribution in [3.05, 3.63) is 29.3 Å². The Labute approximate surface area is 126 Å². The molecule has 1 N–H and O–H groups in total. The fraction of sp³-hybridized carbons (Fsp3) is 0.400. The van der Waals surface area contributed by atoms with E-state index in [1.165, 1.54) is 16.2 Å². The van der Waals surface area contributed by atoms with Gasteiger partial charge in [0.1, 0.15) is 10.5 Å². The van der Waals surface area contributed by atoms with Crippen molar-refractivity contribution in [1.82, 2.24) is 15.2 Å². The Morgan fingerprint density at radius 1 is 1.38 bits per heavy atom. The molecule has 1 aliphatic carbocycles. The highest BCUT2D eigenvalue weighted by Crippen LogP contribution is 2.43. The van der Waals surface area contributed by atoms with Gasteiger partial charge in [0.05, 0.1) is 16.8 Å². The van der Waals surface area contributed by atoms with Gasteiger partial charge in [-0.3, -0.25) is 9.69 Å². The van der Waals surface area contributed by atoms with Gasteiger partial charge in [0.15, 0.2) is 0 Å². The summed E-state index contributed by atoms with van der Waals surface area (Å²) >= 11 is 1.53. The molecule has 1 aliphatic heterocycles. The van der Waals surface area contributed by atoms with Crippen molar-refractivity contribution in [2.45, 2.75) is 31.8 Å². The fourth-order valence-corrected chi connectivity index (χ4v) is 3.88. The van der Waals surface area contributed by atoms with Crippen molar-refractivity contribution in [2.24, 2.45) is 5.92 Å². The lowest BCUT2D eigenvalue weighted by Gasteiger charge is -2.20. The molecule has 108 valence electrons. The molecule has 1 aromatic heterocycles. The fourth-order valence-electron chi connectivity index (χ4n) is 2.92. The second kappa shape index (κ2) is 4.27. The van der Waals surface area contributed by atoms with Crippen LogP contribution in [0.25, 0.3) is 10.2 Å². The van der Waals surface area contributed by atoms with E-state index >= 15 is 0 Å². The van der Waals surface area contributed by atoms with E-state index in [1.807, 2.05) is 31.2 Å². The third kappa shape index (κ3) is 1.93. The summed E-state index contributed by atoms with van der Waals surface area (Å²) in [7, 11) is 0. The van der Waals surface area contributed by atoms with Crippen LogP contribution in [-0.2, 0) is 11.3 Å². The van der Waals surface area contributed by atoms with Crippen LogP contribution in [0.3, 0.4) is 0 Å². The summed E-state index contributed by atoms with van der Waals surface area (Å²) in [6.07, 6.45) is 2.02. The number of nitrogens with one attached hydrogen (secondary N) is 1. The molecule has 4 rings (SSSR count). The molecule has 2 aliphatic rings. The van der Waals surface area contributed by atoms with Gasteiger partial charge in [-0.2, -0.15) is 0 Å². The van der Waals surface area contributed by atoms with Gasteiger partial charge in [0.25, 0.3) is 5.91 Å². The Balaban J connectivity index is 1.61. The highest BCUT2D eigenvalue weighted by Gasteiger charge is 2.55. The number of para-hydroxylation sites is 1. The second-order valence-corrected chi connectivity index (χ2v) is 6.99. The van der Waals surface area contributed by atoms with Crippen LogP contribution in [0.4, 0.5) is 4.79 Å². The predicted octanol–water partition coefficient (Wildman–Crippen LogP) is 2.52.